The third kappa shape index (κ3) is 2.34. The van der Waals surface area contributed by atoms with E-state index < -0.39 is 0 Å². The topological polar surface area (TPSA) is 36.1 Å². The first-order valence-electron chi connectivity index (χ1n) is 4.13. The van der Waals surface area contributed by atoms with Crippen molar-refractivity contribution in [1.82, 2.24) is 9.88 Å². The first kappa shape index (κ1) is 10.3. The third-order valence-electron chi connectivity index (χ3n) is 1.99. The largest absolute Gasteiger partial charge is 0.355 e. The van der Waals surface area contributed by atoms with E-state index in [9.17, 15) is 4.79 Å². The Labute approximate surface area is 86.3 Å². The fourth-order valence-corrected chi connectivity index (χ4v) is 1.29. The third-order valence-corrected chi connectivity index (χ3v) is 2.45. The van der Waals surface area contributed by atoms with Gasteiger partial charge in [-0.3, -0.25) is 4.79 Å². The summed E-state index contributed by atoms with van der Waals surface area (Å²) in [6, 6.07) is 2.00. The number of nitrogens with zero attached hydrogens (tertiary/aromatic N) is 1. The molecule has 0 aromatic carbocycles. The van der Waals surface area contributed by atoms with Gasteiger partial charge in [-0.25, -0.2) is 0 Å². The number of nitrogens with one attached hydrogen (secondary N) is 1. The van der Waals surface area contributed by atoms with Crippen LogP contribution in [0.1, 0.15) is 24.2 Å². The van der Waals surface area contributed by atoms with Gasteiger partial charge in [0, 0.05) is 19.3 Å². The highest BCUT2D eigenvalue weighted by Crippen LogP contribution is 2.12. The second kappa shape index (κ2) is 3.96. The van der Waals surface area contributed by atoms with Gasteiger partial charge in [0.05, 0.1) is 10.2 Å². The molecule has 0 radical (unpaired) electrons. The number of aromatic amines is 1. The molecule has 1 N–H and O–H groups in total. The molecule has 0 saturated heterocycles. The molecule has 0 aliphatic rings. The molecule has 0 bridgehead atoms. The van der Waals surface area contributed by atoms with Gasteiger partial charge in [0.25, 0.3) is 5.91 Å². The Kier molecular flexibility index (Phi) is 3.14. The number of amides is 1. The molecule has 72 valence electrons. The van der Waals surface area contributed by atoms with Crippen molar-refractivity contribution in [2.75, 3.05) is 7.05 Å². The van der Waals surface area contributed by atoms with Crippen LogP contribution in [0.2, 0.25) is 0 Å². The van der Waals surface area contributed by atoms with Crippen molar-refractivity contribution in [3.05, 3.63) is 22.4 Å². The Balaban J connectivity index is 2.79. The van der Waals surface area contributed by atoms with Crippen molar-refractivity contribution >= 4 is 21.8 Å². The SMILES string of the molecule is CC(C)N(C)C(=O)c1c[nH]c(Br)c1. The van der Waals surface area contributed by atoms with Gasteiger partial charge in [0.1, 0.15) is 0 Å². The fraction of sp³-hybridized carbons (Fsp3) is 0.444. The van der Waals surface area contributed by atoms with E-state index in [1.54, 1.807) is 24.2 Å². The van der Waals surface area contributed by atoms with E-state index in [1.807, 2.05) is 13.8 Å². The molecule has 0 unspecified atom stereocenters. The number of carbonyl (C=O) groups is 1. The van der Waals surface area contributed by atoms with Gasteiger partial charge in [-0.1, -0.05) is 0 Å². The molecular formula is C9H13BrN2O. The second-order valence-electron chi connectivity index (χ2n) is 3.25. The van der Waals surface area contributed by atoms with Gasteiger partial charge in [0.2, 0.25) is 0 Å². The van der Waals surface area contributed by atoms with Crippen LogP contribution in [0.4, 0.5) is 0 Å². The van der Waals surface area contributed by atoms with Crippen LogP contribution in [-0.4, -0.2) is 28.9 Å². The molecular weight excluding hydrogens is 232 g/mol. The van der Waals surface area contributed by atoms with E-state index in [0.29, 0.717) is 5.56 Å². The van der Waals surface area contributed by atoms with E-state index in [-0.39, 0.29) is 11.9 Å². The summed E-state index contributed by atoms with van der Waals surface area (Å²) >= 11 is 3.26. The van der Waals surface area contributed by atoms with Crippen LogP contribution in [0.3, 0.4) is 0 Å². The van der Waals surface area contributed by atoms with Crippen molar-refractivity contribution in [3.63, 3.8) is 0 Å². The summed E-state index contributed by atoms with van der Waals surface area (Å²) in [5.74, 6) is 0.0388. The zero-order valence-corrected chi connectivity index (χ0v) is 9.55. The maximum absolute atomic E-state index is 11.7. The molecule has 3 nitrogen and oxygen atoms in total. The van der Waals surface area contributed by atoms with E-state index in [0.717, 1.165) is 4.60 Å². The Hall–Kier alpha value is -0.770. The Morgan fingerprint density at radius 3 is 2.62 bits per heavy atom. The molecule has 1 rings (SSSR count). The molecule has 0 aliphatic carbocycles. The van der Waals surface area contributed by atoms with Crippen LogP contribution in [-0.2, 0) is 0 Å². The lowest BCUT2D eigenvalue weighted by Crippen LogP contribution is -2.32. The Morgan fingerprint density at radius 1 is 1.62 bits per heavy atom. The lowest BCUT2D eigenvalue weighted by atomic mass is 10.2. The number of H-pyrrole nitrogens is 1. The van der Waals surface area contributed by atoms with Crippen molar-refractivity contribution in [3.8, 4) is 0 Å². The molecule has 0 atom stereocenters. The van der Waals surface area contributed by atoms with Gasteiger partial charge in [-0.2, -0.15) is 0 Å². The molecule has 13 heavy (non-hydrogen) atoms. The quantitative estimate of drug-likeness (QED) is 0.852. The van der Waals surface area contributed by atoms with E-state index in [4.69, 9.17) is 0 Å². The summed E-state index contributed by atoms with van der Waals surface area (Å²) in [4.78, 5) is 16.3. The van der Waals surface area contributed by atoms with Gasteiger partial charge in [-0.05, 0) is 35.8 Å². The smallest absolute Gasteiger partial charge is 0.255 e. The number of aromatic nitrogens is 1. The predicted molar refractivity (Wildman–Crippen MR) is 55.7 cm³/mol. The number of hydrogen-bond acceptors (Lipinski definition) is 1. The van der Waals surface area contributed by atoms with Gasteiger partial charge < -0.3 is 9.88 Å². The predicted octanol–water partition coefficient (Wildman–Crippen LogP) is 2.26. The summed E-state index contributed by atoms with van der Waals surface area (Å²) in [6.07, 6.45) is 1.70. The summed E-state index contributed by atoms with van der Waals surface area (Å²) in [5.41, 5.74) is 0.683. The number of rotatable bonds is 2. The maximum atomic E-state index is 11.7. The minimum absolute atomic E-state index is 0.0388. The van der Waals surface area contributed by atoms with Gasteiger partial charge in [0.15, 0.2) is 0 Å². The number of carbonyl (C=O) groups excluding carboxylic acids is 1. The average molecular weight is 245 g/mol. The van der Waals surface area contributed by atoms with E-state index >= 15 is 0 Å². The van der Waals surface area contributed by atoms with Crippen molar-refractivity contribution in [2.45, 2.75) is 19.9 Å². The normalized spacial score (nSPS) is 10.5. The van der Waals surface area contributed by atoms with Crippen molar-refractivity contribution in [2.24, 2.45) is 0 Å². The highest BCUT2D eigenvalue weighted by molar-refractivity contribution is 9.10. The lowest BCUT2D eigenvalue weighted by molar-refractivity contribution is 0.0755. The van der Waals surface area contributed by atoms with Crippen LogP contribution in [0, 0.1) is 0 Å². The maximum Gasteiger partial charge on any atom is 0.255 e. The van der Waals surface area contributed by atoms with Crippen LogP contribution >= 0.6 is 15.9 Å². The zero-order chi connectivity index (χ0) is 10.0. The summed E-state index contributed by atoms with van der Waals surface area (Å²) in [7, 11) is 1.80. The van der Waals surface area contributed by atoms with Crippen LogP contribution in [0.15, 0.2) is 16.9 Å². The monoisotopic (exact) mass is 244 g/mol. The number of hydrogen-bond donors (Lipinski definition) is 1. The Morgan fingerprint density at radius 2 is 2.23 bits per heavy atom. The van der Waals surface area contributed by atoms with Gasteiger partial charge in [-0.15, -0.1) is 0 Å². The molecule has 4 heteroatoms. The minimum atomic E-state index is 0.0388. The van der Waals surface area contributed by atoms with Crippen LogP contribution in [0.5, 0.6) is 0 Å². The molecule has 0 spiro atoms. The molecule has 0 aliphatic heterocycles. The molecule has 1 aromatic rings. The molecule has 1 heterocycles. The summed E-state index contributed by atoms with van der Waals surface area (Å²) in [6.45, 7) is 3.97. The minimum Gasteiger partial charge on any atom is -0.355 e. The summed E-state index contributed by atoms with van der Waals surface area (Å²) in [5, 5.41) is 0. The zero-order valence-electron chi connectivity index (χ0n) is 7.97. The summed E-state index contributed by atoms with van der Waals surface area (Å²) < 4.78 is 0.827. The van der Waals surface area contributed by atoms with Gasteiger partial charge >= 0.3 is 0 Å². The fourth-order valence-electron chi connectivity index (χ4n) is 0.928. The Bertz CT molecular complexity index is 306. The second-order valence-corrected chi connectivity index (χ2v) is 4.10. The van der Waals surface area contributed by atoms with E-state index in [1.165, 1.54) is 0 Å². The first-order chi connectivity index (χ1) is 6.02. The van der Waals surface area contributed by atoms with Crippen LogP contribution < -0.4 is 0 Å². The highest BCUT2D eigenvalue weighted by Gasteiger charge is 2.14. The lowest BCUT2D eigenvalue weighted by Gasteiger charge is -2.20. The van der Waals surface area contributed by atoms with E-state index in [2.05, 4.69) is 20.9 Å². The highest BCUT2D eigenvalue weighted by atomic mass is 79.9. The van der Waals surface area contributed by atoms with Crippen molar-refractivity contribution in [1.29, 1.82) is 0 Å². The molecule has 1 amide bonds. The average Bonchev–Trinajstić information content (AvgIpc) is 2.49. The first-order valence-corrected chi connectivity index (χ1v) is 4.92. The van der Waals surface area contributed by atoms with Crippen molar-refractivity contribution < 1.29 is 4.79 Å². The molecule has 0 saturated carbocycles. The van der Waals surface area contributed by atoms with Crippen LogP contribution in [0.25, 0.3) is 0 Å². The standard InChI is InChI=1S/C9H13BrN2O/c1-6(2)12(3)9(13)7-4-8(10)11-5-7/h4-6,11H,1-3H3. The molecule has 0 fully saturated rings. The number of halogens is 1. The molecule has 1 aromatic heterocycles.